The summed E-state index contributed by atoms with van der Waals surface area (Å²) in [7, 11) is 0. The summed E-state index contributed by atoms with van der Waals surface area (Å²) in [5.74, 6) is 0.945. The zero-order valence-corrected chi connectivity index (χ0v) is 21.9. The Kier molecular flexibility index (Phi) is 10.6. The molecule has 0 aromatic heterocycles. The highest BCUT2D eigenvalue weighted by Gasteiger charge is 2.14. The van der Waals surface area contributed by atoms with Crippen molar-refractivity contribution in [2.24, 2.45) is 0 Å². The molecular formula is C28H40N3O4. The fourth-order valence-corrected chi connectivity index (χ4v) is 3.16. The second kappa shape index (κ2) is 13.1. The predicted molar refractivity (Wildman–Crippen MR) is 139 cm³/mol. The zero-order chi connectivity index (χ0) is 25.9. The minimum absolute atomic E-state index is 0.0378. The van der Waals surface area contributed by atoms with Gasteiger partial charge in [0.25, 0.3) is 11.8 Å². The van der Waals surface area contributed by atoms with Crippen LogP contribution < -0.4 is 25.4 Å². The number of carbonyl (C=O) groups excluding carboxylic acids is 2. The monoisotopic (exact) mass is 482 g/mol. The third-order valence-corrected chi connectivity index (χ3v) is 5.36. The molecule has 0 saturated heterocycles. The van der Waals surface area contributed by atoms with E-state index in [4.69, 9.17) is 9.47 Å². The van der Waals surface area contributed by atoms with Crippen LogP contribution in [0.5, 0.6) is 11.5 Å². The molecule has 0 heterocycles. The minimum atomic E-state index is -0.193. The van der Waals surface area contributed by atoms with E-state index in [-0.39, 0.29) is 35.9 Å². The summed E-state index contributed by atoms with van der Waals surface area (Å²) < 4.78 is 11.1. The Morgan fingerprint density at radius 2 is 1.00 bits per heavy atom. The molecule has 0 fully saturated rings. The van der Waals surface area contributed by atoms with Gasteiger partial charge in [0.05, 0.1) is 0 Å². The number of hydrogen-bond donors (Lipinski definition) is 2. The van der Waals surface area contributed by atoms with Crippen LogP contribution in [0.25, 0.3) is 0 Å². The maximum absolute atomic E-state index is 11.9. The lowest BCUT2D eigenvalue weighted by molar-refractivity contribution is -0.123. The van der Waals surface area contributed by atoms with Crippen LogP contribution in [0.4, 0.5) is 0 Å². The van der Waals surface area contributed by atoms with E-state index < -0.39 is 0 Å². The van der Waals surface area contributed by atoms with Gasteiger partial charge < -0.3 is 20.1 Å². The van der Waals surface area contributed by atoms with E-state index in [1.54, 1.807) is 0 Å². The molecule has 2 N–H and O–H groups in total. The Labute approximate surface area is 210 Å². The summed E-state index contributed by atoms with van der Waals surface area (Å²) in [5, 5.41) is 9.86. The van der Waals surface area contributed by atoms with Gasteiger partial charge in [-0.1, -0.05) is 65.8 Å². The topological polar surface area (TPSA) is 90.8 Å². The van der Waals surface area contributed by atoms with Gasteiger partial charge in [-0.2, -0.15) is 0 Å². The molecule has 7 heteroatoms. The van der Waals surface area contributed by atoms with E-state index in [2.05, 4.69) is 57.5 Å². The molecular weight excluding hydrogens is 442 g/mol. The second-order valence-corrected chi connectivity index (χ2v) is 10.5. The van der Waals surface area contributed by atoms with Crippen molar-refractivity contribution >= 4 is 11.8 Å². The maximum atomic E-state index is 11.9. The first-order valence-electron chi connectivity index (χ1n) is 12.1. The van der Waals surface area contributed by atoms with Gasteiger partial charge in [0, 0.05) is 26.2 Å². The number of nitrogens with zero attached hydrogens (tertiary/aromatic N) is 1. The lowest BCUT2D eigenvalue weighted by atomic mass is 9.87. The lowest BCUT2D eigenvalue weighted by Gasteiger charge is -2.19. The molecule has 2 aromatic carbocycles. The molecule has 191 valence electrons. The molecule has 2 rings (SSSR count). The molecule has 0 aliphatic heterocycles. The van der Waals surface area contributed by atoms with Crippen molar-refractivity contribution in [2.75, 3.05) is 39.4 Å². The molecule has 0 bridgehead atoms. The Hall–Kier alpha value is -3.06. The van der Waals surface area contributed by atoms with E-state index in [0.717, 1.165) is 0 Å². The van der Waals surface area contributed by atoms with Gasteiger partial charge >= 0.3 is 0 Å². The van der Waals surface area contributed by atoms with E-state index in [0.29, 0.717) is 37.7 Å². The van der Waals surface area contributed by atoms with Gasteiger partial charge in [-0.25, -0.2) is 5.32 Å². The summed E-state index contributed by atoms with van der Waals surface area (Å²) in [4.78, 5) is 23.9. The molecule has 2 aromatic rings. The molecule has 0 saturated carbocycles. The van der Waals surface area contributed by atoms with E-state index in [1.165, 1.54) is 11.1 Å². The number of rotatable bonds is 12. The predicted octanol–water partition coefficient (Wildman–Crippen LogP) is 3.58. The van der Waals surface area contributed by atoms with Gasteiger partial charge in [0.2, 0.25) is 0 Å². The van der Waals surface area contributed by atoms with Crippen LogP contribution in [0, 0.1) is 0 Å². The average Bonchev–Trinajstić information content (AvgIpc) is 2.80. The van der Waals surface area contributed by atoms with Crippen molar-refractivity contribution in [3.63, 3.8) is 0 Å². The van der Waals surface area contributed by atoms with Crippen LogP contribution in [0.3, 0.4) is 0 Å². The standard InChI is InChI=1S/C28H40N3O4/c1-27(2,3)21-7-11-23(12-8-21)34-19-25(32)30-17-15-29-16-18-31-26(33)20-35-24-13-9-22(10-14-24)28(4,5)6/h7-14H,15-20H2,1-6H3,(H,30,32)(H,31,33). The van der Waals surface area contributed by atoms with Crippen molar-refractivity contribution in [1.82, 2.24) is 16.0 Å². The first kappa shape index (κ1) is 28.2. The highest BCUT2D eigenvalue weighted by molar-refractivity contribution is 5.77. The molecule has 0 atom stereocenters. The maximum Gasteiger partial charge on any atom is 0.257 e. The van der Waals surface area contributed by atoms with Crippen molar-refractivity contribution < 1.29 is 19.1 Å². The van der Waals surface area contributed by atoms with Gasteiger partial charge in [-0.15, -0.1) is 0 Å². The van der Waals surface area contributed by atoms with Crippen molar-refractivity contribution in [2.45, 2.75) is 52.4 Å². The molecule has 2 amide bonds. The molecule has 0 spiro atoms. The third kappa shape index (κ3) is 10.8. The largest absolute Gasteiger partial charge is 0.484 e. The average molecular weight is 483 g/mol. The highest BCUT2D eigenvalue weighted by atomic mass is 16.5. The number of hydrogen-bond acceptors (Lipinski definition) is 4. The summed E-state index contributed by atoms with van der Waals surface area (Å²) in [6.45, 7) is 14.6. The van der Waals surface area contributed by atoms with Crippen molar-refractivity contribution in [1.29, 1.82) is 0 Å². The van der Waals surface area contributed by atoms with Crippen LogP contribution in [0.1, 0.15) is 52.7 Å². The number of ether oxygens (including phenoxy) is 2. The summed E-state index contributed by atoms with van der Waals surface area (Å²) in [6, 6.07) is 15.6. The Morgan fingerprint density at radius 3 is 1.31 bits per heavy atom. The molecule has 35 heavy (non-hydrogen) atoms. The van der Waals surface area contributed by atoms with Crippen molar-refractivity contribution in [3.8, 4) is 11.5 Å². The first-order chi connectivity index (χ1) is 16.4. The fourth-order valence-electron chi connectivity index (χ4n) is 3.16. The molecule has 0 unspecified atom stereocenters. The van der Waals surface area contributed by atoms with E-state index in [1.807, 2.05) is 48.5 Å². The molecule has 7 nitrogen and oxygen atoms in total. The van der Waals surface area contributed by atoms with Crippen LogP contribution in [-0.2, 0) is 20.4 Å². The number of amides is 2. The summed E-state index contributed by atoms with van der Waals surface area (Å²) in [6.07, 6.45) is 0. The van der Waals surface area contributed by atoms with Crippen molar-refractivity contribution in [3.05, 3.63) is 59.7 Å². The minimum Gasteiger partial charge on any atom is -0.484 e. The zero-order valence-electron chi connectivity index (χ0n) is 21.9. The molecule has 0 aliphatic rings. The summed E-state index contributed by atoms with van der Waals surface area (Å²) in [5.41, 5.74) is 2.58. The molecule has 0 aliphatic carbocycles. The van der Waals surface area contributed by atoms with Crippen LogP contribution >= 0.6 is 0 Å². The van der Waals surface area contributed by atoms with Gasteiger partial charge in [-0.05, 0) is 46.2 Å². The molecule has 1 radical (unpaired) electrons. The van der Waals surface area contributed by atoms with Gasteiger partial charge in [0.15, 0.2) is 13.2 Å². The van der Waals surface area contributed by atoms with Crippen LogP contribution in [0.15, 0.2) is 48.5 Å². The quantitative estimate of drug-likeness (QED) is 0.453. The lowest BCUT2D eigenvalue weighted by Crippen LogP contribution is -2.36. The second-order valence-electron chi connectivity index (χ2n) is 10.5. The van der Waals surface area contributed by atoms with Crippen LogP contribution in [0.2, 0.25) is 0 Å². The number of benzene rings is 2. The summed E-state index contributed by atoms with van der Waals surface area (Å²) >= 11 is 0. The van der Waals surface area contributed by atoms with Crippen LogP contribution in [-0.4, -0.2) is 51.2 Å². The Bertz CT molecular complexity index is 849. The number of carbonyl (C=O) groups is 2. The SMILES string of the molecule is CC(C)(C)c1ccc(OCC(=O)NCC[N]CCNC(=O)COc2ccc(C(C)(C)C)cc2)cc1. The fraction of sp³-hybridized carbons (Fsp3) is 0.500. The Morgan fingerprint density at radius 1 is 0.657 bits per heavy atom. The Balaban J connectivity index is 1.50. The van der Waals surface area contributed by atoms with Gasteiger partial charge in [-0.3, -0.25) is 9.59 Å². The normalized spacial score (nSPS) is 11.6. The highest BCUT2D eigenvalue weighted by Crippen LogP contribution is 2.25. The smallest absolute Gasteiger partial charge is 0.257 e. The first-order valence-corrected chi connectivity index (χ1v) is 12.1. The number of nitrogens with one attached hydrogen (secondary N) is 2. The third-order valence-electron chi connectivity index (χ3n) is 5.36. The van der Waals surface area contributed by atoms with E-state index in [9.17, 15) is 9.59 Å². The van der Waals surface area contributed by atoms with Gasteiger partial charge in [0.1, 0.15) is 11.5 Å². The van der Waals surface area contributed by atoms with E-state index >= 15 is 0 Å².